The minimum Gasteiger partial charge on any atom is -0.241 e. The second-order valence-corrected chi connectivity index (χ2v) is 4.60. The van der Waals surface area contributed by atoms with Gasteiger partial charge in [-0.15, -0.1) is 11.6 Å². The summed E-state index contributed by atoms with van der Waals surface area (Å²) in [5.74, 6) is 1.33. The molecule has 0 unspecified atom stereocenters. The summed E-state index contributed by atoms with van der Waals surface area (Å²) in [5, 5.41) is 0. The second-order valence-electron chi connectivity index (χ2n) is 3.31. The Morgan fingerprint density at radius 3 is 2.88 bits per heavy atom. The van der Waals surface area contributed by atoms with Gasteiger partial charge >= 0.3 is 0 Å². The summed E-state index contributed by atoms with van der Waals surface area (Å²) in [4.78, 5) is 8.63. The van der Waals surface area contributed by atoms with Crippen molar-refractivity contribution in [1.29, 1.82) is 0 Å². The van der Waals surface area contributed by atoms with E-state index >= 15 is 0 Å². The molecule has 2 rings (SSSR count). The first-order valence-electron chi connectivity index (χ1n) is 4.93. The molecule has 1 aromatic carbocycles. The zero-order valence-electron chi connectivity index (χ0n) is 8.53. The molecule has 0 N–H and O–H groups in total. The zero-order chi connectivity index (χ0) is 11.4. The molecule has 0 saturated heterocycles. The maximum absolute atomic E-state index is 5.67. The van der Waals surface area contributed by atoms with Gasteiger partial charge in [0.05, 0.1) is 5.69 Å². The normalized spacial score (nSPS) is 10.4. The van der Waals surface area contributed by atoms with Crippen LogP contribution in [0.25, 0.3) is 11.3 Å². The van der Waals surface area contributed by atoms with Crippen LogP contribution in [0.1, 0.15) is 5.82 Å². The number of nitrogens with zero attached hydrogens (tertiary/aromatic N) is 2. The number of halogens is 2. The maximum Gasteiger partial charge on any atom is 0.130 e. The zero-order valence-corrected chi connectivity index (χ0v) is 10.9. The highest BCUT2D eigenvalue weighted by molar-refractivity contribution is 9.10. The van der Waals surface area contributed by atoms with Gasteiger partial charge in [-0.2, -0.15) is 0 Å². The highest BCUT2D eigenvalue weighted by Crippen LogP contribution is 2.20. The highest BCUT2D eigenvalue weighted by atomic mass is 79.9. The van der Waals surface area contributed by atoms with E-state index in [0.717, 1.165) is 21.6 Å². The maximum atomic E-state index is 5.67. The van der Waals surface area contributed by atoms with Gasteiger partial charge in [0.1, 0.15) is 5.82 Å². The van der Waals surface area contributed by atoms with E-state index in [9.17, 15) is 0 Å². The van der Waals surface area contributed by atoms with Crippen molar-refractivity contribution in [2.24, 2.45) is 0 Å². The van der Waals surface area contributed by atoms with Crippen LogP contribution >= 0.6 is 27.5 Å². The lowest BCUT2D eigenvalue weighted by molar-refractivity contribution is 0.948. The summed E-state index contributed by atoms with van der Waals surface area (Å²) in [6.07, 6.45) is 2.47. The van der Waals surface area contributed by atoms with Crippen LogP contribution in [0.2, 0.25) is 0 Å². The number of hydrogen-bond acceptors (Lipinski definition) is 2. The smallest absolute Gasteiger partial charge is 0.130 e. The summed E-state index contributed by atoms with van der Waals surface area (Å²) in [6, 6.07) is 9.94. The molecule has 4 heteroatoms. The van der Waals surface area contributed by atoms with Crippen molar-refractivity contribution in [3.63, 3.8) is 0 Å². The van der Waals surface area contributed by atoms with E-state index in [0.29, 0.717) is 12.3 Å². The third kappa shape index (κ3) is 2.80. The van der Waals surface area contributed by atoms with E-state index in [1.165, 1.54) is 0 Å². The van der Waals surface area contributed by atoms with E-state index in [1.54, 1.807) is 6.20 Å². The fourth-order valence-electron chi connectivity index (χ4n) is 1.41. The Morgan fingerprint density at radius 2 is 2.12 bits per heavy atom. The molecule has 82 valence electrons. The van der Waals surface area contributed by atoms with Gasteiger partial charge in [0.15, 0.2) is 0 Å². The van der Waals surface area contributed by atoms with E-state index in [-0.39, 0.29) is 0 Å². The fraction of sp³-hybridized carbons (Fsp3) is 0.167. The summed E-state index contributed by atoms with van der Waals surface area (Å²) < 4.78 is 1.04. The fourth-order valence-corrected chi connectivity index (χ4v) is 1.98. The van der Waals surface area contributed by atoms with Crippen molar-refractivity contribution < 1.29 is 0 Å². The quantitative estimate of drug-likeness (QED) is 0.808. The molecule has 2 nitrogen and oxygen atoms in total. The van der Waals surface area contributed by atoms with Crippen LogP contribution < -0.4 is 0 Å². The Kier molecular flexibility index (Phi) is 3.91. The van der Waals surface area contributed by atoms with E-state index in [1.807, 2.05) is 30.3 Å². The largest absolute Gasteiger partial charge is 0.241 e. The molecule has 0 bridgehead atoms. The van der Waals surface area contributed by atoms with Crippen molar-refractivity contribution in [3.8, 4) is 11.3 Å². The number of aryl methyl sites for hydroxylation is 1. The predicted octanol–water partition coefficient (Wildman–Crippen LogP) is 3.69. The van der Waals surface area contributed by atoms with Gasteiger partial charge in [0.25, 0.3) is 0 Å². The Morgan fingerprint density at radius 1 is 1.25 bits per heavy atom. The topological polar surface area (TPSA) is 25.8 Å². The van der Waals surface area contributed by atoms with Crippen LogP contribution in [0.5, 0.6) is 0 Å². The molecular weight excluding hydrogens is 288 g/mol. The van der Waals surface area contributed by atoms with Crippen LogP contribution in [0.15, 0.2) is 41.0 Å². The van der Waals surface area contributed by atoms with Crippen molar-refractivity contribution in [3.05, 3.63) is 46.8 Å². The molecule has 16 heavy (non-hydrogen) atoms. The first kappa shape index (κ1) is 11.6. The molecule has 1 aromatic heterocycles. The van der Waals surface area contributed by atoms with Crippen molar-refractivity contribution in [2.45, 2.75) is 6.42 Å². The molecule has 0 aliphatic rings. The summed E-state index contributed by atoms with van der Waals surface area (Å²) in [6.45, 7) is 0. The number of benzene rings is 1. The molecular formula is C12H10BrClN2. The average Bonchev–Trinajstić information content (AvgIpc) is 2.30. The molecule has 0 amide bonds. The van der Waals surface area contributed by atoms with Gasteiger partial charge in [-0.3, -0.25) is 0 Å². The number of rotatable bonds is 3. The summed E-state index contributed by atoms with van der Waals surface area (Å²) in [5.41, 5.74) is 2.00. The molecule has 0 saturated carbocycles. The average molecular weight is 298 g/mol. The second kappa shape index (κ2) is 5.41. The SMILES string of the molecule is ClCCc1nccc(-c2cccc(Br)c2)n1. The highest BCUT2D eigenvalue weighted by Gasteiger charge is 2.02. The lowest BCUT2D eigenvalue weighted by atomic mass is 10.1. The predicted molar refractivity (Wildman–Crippen MR) is 69.6 cm³/mol. The monoisotopic (exact) mass is 296 g/mol. The minimum atomic E-state index is 0.544. The van der Waals surface area contributed by atoms with Gasteiger partial charge in [0, 0.05) is 28.5 Å². The van der Waals surface area contributed by atoms with Crippen molar-refractivity contribution in [2.75, 3.05) is 5.88 Å². The third-order valence-electron chi connectivity index (χ3n) is 2.14. The van der Waals surface area contributed by atoms with Crippen LogP contribution in [0.3, 0.4) is 0 Å². The number of hydrogen-bond donors (Lipinski definition) is 0. The third-order valence-corrected chi connectivity index (χ3v) is 2.83. The lowest BCUT2D eigenvalue weighted by Crippen LogP contribution is -1.96. The molecule has 0 atom stereocenters. The van der Waals surface area contributed by atoms with Crippen molar-refractivity contribution in [1.82, 2.24) is 9.97 Å². The van der Waals surface area contributed by atoms with E-state index in [2.05, 4.69) is 25.9 Å². The summed E-state index contributed by atoms with van der Waals surface area (Å²) in [7, 11) is 0. The van der Waals surface area contributed by atoms with Gasteiger partial charge in [-0.1, -0.05) is 28.1 Å². The van der Waals surface area contributed by atoms with Crippen molar-refractivity contribution >= 4 is 27.5 Å². The molecule has 0 fully saturated rings. The van der Waals surface area contributed by atoms with Gasteiger partial charge in [-0.05, 0) is 18.2 Å². The first-order chi connectivity index (χ1) is 7.79. The van der Waals surface area contributed by atoms with Gasteiger partial charge in [0.2, 0.25) is 0 Å². The molecule has 2 aromatic rings. The first-order valence-corrected chi connectivity index (χ1v) is 6.26. The molecule has 0 aliphatic carbocycles. The number of alkyl halides is 1. The van der Waals surface area contributed by atoms with Crippen LogP contribution in [-0.2, 0) is 6.42 Å². The Labute approximate surface area is 108 Å². The van der Waals surface area contributed by atoms with Gasteiger partial charge in [-0.25, -0.2) is 9.97 Å². The standard InChI is InChI=1S/C12H10BrClN2/c13-10-3-1-2-9(8-10)11-5-7-15-12(16-11)4-6-14/h1-3,5,7-8H,4,6H2. The van der Waals surface area contributed by atoms with Crippen LogP contribution in [0, 0.1) is 0 Å². The molecule has 0 aliphatic heterocycles. The minimum absolute atomic E-state index is 0.544. The Bertz CT molecular complexity index is 488. The van der Waals surface area contributed by atoms with Gasteiger partial charge < -0.3 is 0 Å². The molecule has 0 spiro atoms. The number of aromatic nitrogens is 2. The Balaban J connectivity index is 2.36. The lowest BCUT2D eigenvalue weighted by Gasteiger charge is -2.03. The molecule has 1 heterocycles. The van der Waals surface area contributed by atoms with Crippen LogP contribution in [0.4, 0.5) is 0 Å². The van der Waals surface area contributed by atoms with E-state index in [4.69, 9.17) is 11.6 Å². The van der Waals surface area contributed by atoms with Crippen LogP contribution in [-0.4, -0.2) is 15.8 Å². The molecule has 0 radical (unpaired) electrons. The summed E-state index contributed by atoms with van der Waals surface area (Å²) >= 11 is 9.12. The Hall–Kier alpha value is -0.930. The van der Waals surface area contributed by atoms with E-state index < -0.39 is 0 Å².